The smallest absolute Gasteiger partial charge is 0.118 e. The van der Waals surface area contributed by atoms with Crippen molar-refractivity contribution in [3.63, 3.8) is 0 Å². The summed E-state index contributed by atoms with van der Waals surface area (Å²) in [5, 5.41) is 10.7. The number of aryl methyl sites for hydroxylation is 1. The average Bonchev–Trinajstić information content (AvgIpc) is 2.22. The molecule has 4 nitrogen and oxygen atoms in total. The van der Waals surface area contributed by atoms with Crippen LogP contribution in [-0.2, 0) is 16.1 Å². The minimum atomic E-state index is 0.295. The van der Waals surface area contributed by atoms with Gasteiger partial charge >= 0.3 is 0 Å². The quantitative estimate of drug-likeness (QED) is 0.748. The van der Waals surface area contributed by atoms with Crippen LogP contribution in [0.4, 0.5) is 5.69 Å². The van der Waals surface area contributed by atoms with Crippen LogP contribution >= 0.6 is 0 Å². The Labute approximate surface area is 83.6 Å². The van der Waals surface area contributed by atoms with Crippen molar-refractivity contribution < 1.29 is 14.8 Å². The zero-order valence-corrected chi connectivity index (χ0v) is 8.65. The number of anilines is 1. The van der Waals surface area contributed by atoms with Crippen LogP contribution in [0.15, 0.2) is 18.2 Å². The minimum Gasteiger partial charge on any atom is -0.508 e. The molecule has 0 radical (unpaired) electrons. The lowest BCUT2D eigenvalue weighted by atomic mass is 10.1. The number of nitrogens with zero attached hydrogens (tertiary/aromatic N) is 1. The summed E-state index contributed by atoms with van der Waals surface area (Å²) in [5.41, 5.74) is 1.62. The number of hydrogen-bond acceptors (Lipinski definition) is 4. The van der Waals surface area contributed by atoms with Crippen LogP contribution in [0.25, 0.3) is 0 Å². The lowest BCUT2D eigenvalue weighted by Gasteiger charge is -2.18. The summed E-state index contributed by atoms with van der Waals surface area (Å²) in [6.45, 7) is 1.97. The Morgan fingerprint density at radius 3 is 2.43 bits per heavy atom. The number of hydrogen-bond donors (Lipinski definition) is 1. The number of phenolic OH excluding ortho intramolecular Hbond substituents is 1. The summed E-state index contributed by atoms with van der Waals surface area (Å²) >= 11 is 0. The first-order chi connectivity index (χ1) is 6.72. The molecule has 0 saturated heterocycles. The topological polar surface area (TPSA) is 41.9 Å². The van der Waals surface area contributed by atoms with Crippen LogP contribution in [0.1, 0.15) is 12.5 Å². The maximum Gasteiger partial charge on any atom is 0.118 e. The Hall–Kier alpha value is -1.26. The summed E-state index contributed by atoms with van der Waals surface area (Å²) < 4.78 is 0. The highest BCUT2D eigenvalue weighted by Crippen LogP contribution is 2.24. The molecule has 0 aromatic heterocycles. The van der Waals surface area contributed by atoms with Gasteiger partial charge in [-0.05, 0) is 30.2 Å². The van der Waals surface area contributed by atoms with E-state index in [4.69, 9.17) is 9.68 Å². The Bertz CT molecular complexity index is 297. The standard InChI is InChI=1S/C10H15NO3/c1-4-8-7-9(5-6-10(8)12)11(13-2)14-3/h5-7,12H,4H2,1-3H3. The van der Waals surface area contributed by atoms with Crippen molar-refractivity contribution in [2.24, 2.45) is 0 Å². The molecule has 0 unspecified atom stereocenters. The fraction of sp³-hybridized carbons (Fsp3) is 0.400. The third kappa shape index (κ3) is 2.16. The first-order valence-electron chi connectivity index (χ1n) is 4.43. The van der Waals surface area contributed by atoms with E-state index in [1.807, 2.05) is 13.0 Å². The maximum absolute atomic E-state index is 9.46. The highest BCUT2D eigenvalue weighted by molar-refractivity contribution is 5.49. The van der Waals surface area contributed by atoms with E-state index in [-0.39, 0.29) is 0 Å². The predicted octanol–water partition coefficient (Wildman–Crippen LogP) is 1.88. The molecule has 0 atom stereocenters. The van der Waals surface area contributed by atoms with Gasteiger partial charge in [0.25, 0.3) is 0 Å². The number of phenols is 1. The monoisotopic (exact) mass is 197 g/mol. The SMILES string of the molecule is CCc1cc(N(OC)OC)ccc1O. The van der Waals surface area contributed by atoms with E-state index in [0.29, 0.717) is 5.75 Å². The zero-order chi connectivity index (χ0) is 10.6. The third-order valence-corrected chi connectivity index (χ3v) is 1.99. The van der Waals surface area contributed by atoms with Crippen LogP contribution in [0.2, 0.25) is 0 Å². The van der Waals surface area contributed by atoms with Gasteiger partial charge in [-0.15, -0.1) is 5.23 Å². The van der Waals surface area contributed by atoms with Gasteiger partial charge in [0, 0.05) is 0 Å². The first-order valence-corrected chi connectivity index (χ1v) is 4.43. The summed E-state index contributed by atoms with van der Waals surface area (Å²) in [7, 11) is 3.03. The van der Waals surface area contributed by atoms with Crippen LogP contribution in [-0.4, -0.2) is 19.3 Å². The molecule has 0 amide bonds. The Morgan fingerprint density at radius 1 is 1.29 bits per heavy atom. The maximum atomic E-state index is 9.46. The predicted molar refractivity (Wildman–Crippen MR) is 54.0 cm³/mol. The molecule has 1 N–H and O–H groups in total. The molecule has 0 aliphatic heterocycles. The van der Waals surface area contributed by atoms with Crippen molar-refractivity contribution in [1.29, 1.82) is 0 Å². The second-order valence-corrected chi connectivity index (χ2v) is 2.79. The summed E-state index contributed by atoms with van der Waals surface area (Å²) in [6, 6.07) is 5.17. The van der Waals surface area contributed by atoms with Gasteiger partial charge in [0.15, 0.2) is 0 Å². The molecule has 0 spiro atoms. The molecule has 1 rings (SSSR count). The minimum absolute atomic E-state index is 0.295. The van der Waals surface area contributed by atoms with E-state index in [0.717, 1.165) is 17.7 Å². The fourth-order valence-corrected chi connectivity index (χ4v) is 1.25. The van der Waals surface area contributed by atoms with E-state index in [2.05, 4.69) is 0 Å². The molecule has 0 saturated carbocycles. The average molecular weight is 197 g/mol. The van der Waals surface area contributed by atoms with Crippen molar-refractivity contribution in [3.05, 3.63) is 23.8 Å². The van der Waals surface area contributed by atoms with Gasteiger partial charge in [-0.2, -0.15) is 0 Å². The Morgan fingerprint density at radius 2 is 1.93 bits per heavy atom. The molecular weight excluding hydrogens is 182 g/mol. The lowest BCUT2D eigenvalue weighted by molar-refractivity contribution is -0.0433. The Balaban J connectivity index is 2.98. The van der Waals surface area contributed by atoms with E-state index in [1.54, 1.807) is 12.1 Å². The van der Waals surface area contributed by atoms with Crippen LogP contribution in [0.5, 0.6) is 5.75 Å². The second kappa shape index (κ2) is 4.83. The molecule has 0 aliphatic carbocycles. The summed E-state index contributed by atoms with van der Waals surface area (Å²) in [4.78, 5) is 9.91. The van der Waals surface area contributed by atoms with Gasteiger partial charge in [-0.25, -0.2) is 0 Å². The van der Waals surface area contributed by atoms with Crippen molar-refractivity contribution in [2.45, 2.75) is 13.3 Å². The van der Waals surface area contributed by atoms with E-state index in [9.17, 15) is 5.11 Å². The third-order valence-electron chi connectivity index (χ3n) is 1.99. The van der Waals surface area contributed by atoms with E-state index in [1.165, 1.54) is 19.4 Å². The largest absolute Gasteiger partial charge is 0.508 e. The van der Waals surface area contributed by atoms with E-state index >= 15 is 0 Å². The number of aromatic hydroxyl groups is 1. The summed E-state index contributed by atoms with van der Waals surface area (Å²) in [6.07, 6.45) is 0.765. The van der Waals surface area contributed by atoms with Gasteiger partial charge in [-0.3, -0.25) is 9.68 Å². The van der Waals surface area contributed by atoms with Gasteiger partial charge in [0.1, 0.15) is 5.75 Å². The fourth-order valence-electron chi connectivity index (χ4n) is 1.25. The molecule has 1 aromatic rings. The van der Waals surface area contributed by atoms with E-state index < -0.39 is 0 Å². The van der Waals surface area contributed by atoms with Gasteiger partial charge < -0.3 is 5.11 Å². The zero-order valence-electron chi connectivity index (χ0n) is 8.65. The molecule has 0 heterocycles. The van der Waals surface area contributed by atoms with Gasteiger partial charge in [-0.1, -0.05) is 6.92 Å². The normalized spacial score (nSPS) is 10.2. The molecule has 14 heavy (non-hydrogen) atoms. The van der Waals surface area contributed by atoms with Crippen molar-refractivity contribution in [3.8, 4) is 5.75 Å². The van der Waals surface area contributed by atoms with Gasteiger partial charge in [0.2, 0.25) is 0 Å². The van der Waals surface area contributed by atoms with Crippen molar-refractivity contribution in [2.75, 3.05) is 19.4 Å². The molecule has 1 aromatic carbocycles. The van der Waals surface area contributed by atoms with Crippen molar-refractivity contribution in [1.82, 2.24) is 0 Å². The van der Waals surface area contributed by atoms with Crippen LogP contribution in [0.3, 0.4) is 0 Å². The first kappa shape index (κ1) is 10.8. The number of rotatable bonds is 4. The molecule has 0 fully saturated rings. The highest BCUT2D eigenvalue weighted by Gasteiger charge is 2.07. The summed E-state index contributed by atoms with van der Waals surface area (Å²) in [5.74, 6) is 0.295. The Kier molecular flexibility index (Phi) is 3.73. The van der Waals surface area contributed by atoms with Crippen LogP contribution in [0, 0.1) is 0 Å². The second-order valence-electron chi connectivity index (χ2n) is 2.79. The molecular formula is C10H15NO3. The lowest BCUT2D eigenvalue weighted by Crippen LogP contribution is -2.19. The van der Waals surface area contributed by atoms with Gasteiger partial charge in [0.05, 0.1) is 19.9 Å². The molecule has 4 heteroatoms. The highest BCUT2D eigenvalue weighted by atomic mass is 16.9. The molecule has 0 bridgehead atoms. The molecule has 78 valence electrons. The van der Waals surface area contributed by atoms with Crippen molar-refractivity contribution >= 4 is 5.69 Å². The number of benzene rings is 1. The van der Waals surface area contributed by atoms with Crippen LogP contribution < -0.4 is 5.23 Å². The molecule has 0 aliphatic rings.